The Labute approximate surface area is 78.4 Å². The summed E-state index contributed by atoms with van der Waals surface area (Å²) >= 11 is 0. The van der Waals surface area contributed by atoms with Gasteiger partial charge in [-0.1, -0.05) is 0 Å². The van der Waals surface area contributed by atoms with E-state index in [2.05, 4.69) is 11.4 Å². The normalized spacial score (nSPS) is 12.5. The summed E-state index contributed by atoms with van der Waals surface area (Å²) in [5, 5.41) is 11.5. The third-order valence-electron chi connectivity index (χ3n) is 2.03. The van der Waals surface area contributed by atoms with E-state index in [1.54, 1.807) is 0 Å². The first-order valence-electron chi connectivity index (χ1n) is 4.32. The van der Waals surface area contributed by atoms with E-state index < -0.39 is 0 Å². The molecule has 0 aliphatic carbocycles. The van der Waals surface area contributed by atoms with Gasteiger partial charge in [0.15, 0.2) is 0 Å². The molecule has 70 valence electrons. The van der Waals surface area contributed by atoms with Crippen LogP contribution in [0.3, 0.4) is 0 Å². The molecule has 1 aromatic rings. The van der Waals surface area contributed by atoms with Crippen LogP contribution in [0.15, 0.2) is 10.5 Å². The summed E-state index contributed by atoms with van der Waals surface area (Å²) in [6.07, 6.45) is 0. The second-order valence-electron chi connectivity index (χ2n) is 3.13. The van der Waals surface area contributed by atoms with E-state index in [9.17, 15) is 0 Å². The molecule has 1 aromatic heterocycles. The van der Waals surface area contributed by atoms with Gasteiger partial charge in [0.2, 0.25) is 0 Å². The Morgan fingerprint density at radius 1 is 1.62 bits per heavy atom. The van der Waals surface area contributed by atoms with E-state index in [-0.39, 0.29) is 6.04 Å². The smallest absolute Gasteiger partial charge is 0.105 e. The molecule has 0 bridgehead atoms. The number of nitrogens with one attached hydrogen (secondary N) is 1. The number of nitrogens with zero attached hydrogens (tertiary/aromatic N) is 1. The Morgan fingerprint density at radius 3 is 2.77 bits per heavy atom. The molecule has 1 N–H and O–H groups in total. The van der Waals surface area contributed by atoms with Crippen LogP contribution in [0.25, 0.3) is 0 Å². The van der Waals surface area contributed by atoms with Crippen LogP contribution in [-0.4, -0.2) is 6.54 Å². The first kappa shape index (κ1) is 9.82. The lowest BCUT2D eigenvalue weighted by atomic mass is 10.1. The summed E-state index contributed by atoms with van der Waals surface area (Å²) < 4.78 is 5.39. The minimum atomic E-state index is 0.178. The summed E-state index contributed by atoms with van der Waals surface area (Å²) in [4.78, 5) is 0. The van der Waals surface area contributed by atoms with Crippen LogP contribution in [0.4, 0.5) is 0 Å². The average molecular weight is 178 g/mol. The highest BCUT2D eigenvalue weighted by molar-refractivity contribution is 5.23. The molecule has 13 heavy (non-hydrogen) atoms. The number of hydrogen-bond donors (Lipinski definition) is 1. The van der Waals surface area contributed by atoms with Crippen LogP contribution in [-0.2, 0) is 0 Å². The number of nitriles is 1. The van der Waals surface area contributed by atoms with Gasteiger partial charge in [0, 0.05) is 11.6 Å². The molecule has 0 saturated heterocycles. The van der Waals surface area contributed by atoms with Crippen molar-refractivity contribution >= 4 is 0 Å². The van der Waals surface area contributed by atoms with Crippen molar-refractivity contribution in [3.05, 3.63) is 23.2 Å². The molecule has 0 aliphatic rings. The van der Waals surface area contributed by atoms with E-state index >= 15 is 0 Å². The number of aryl methyl sites for hydroxylation is 2. The maximum atomic E-state index is 8.40. The highest BCUT2D eigenvalue weighted by Crippen LogP contribution is 2.20. The average Bonchev–Trinajstić information content (AvgIpc) is 2.41. The zero-order chi connectivity index (χ0) is 9.84. The van der Waals surface area contributed by atoms with Gasteiger partial charge in [0.05, 0.1) is 12.6 Å². The van der Waals surface area contributed by atoms with Crippen molar-refractivity contribution < 1.29 is 4.42 Å². The van der Waals surface area contributed by atoms with Crippen LogP contribution in [0.5, 0.6) is 0 Å². The standard InChI is InChI=1S/C10H14N2O/c1-7-6-10(9(3)13-7)8(2)12-5-4-11/h6,8,12H,5H2,1-3H3. The van der Waals surface area contributed by atoms with Crippen molar-refractivity contribution in [3.63, 3.8) is 0 Å². The molecule has 0 spiro atoms. The van der Waals surface area contributed by atoms with Gasteiger partial charge in [0.25, 0.3) is 0 Å². The lowest BCUT2D eigenvalue weighted by Gasteiger charge is -2.09. The van der Waals surface area contributed by atoms with Crippen molar-refractivity contribution in [1.29, 1.82) is 5.26 Å². The van der Waals surface area contributed by atoms with Gasteiger partial charge in [-0.05, 0) is 26.8 Å². The number of rotatable bonds is 3. The summed E-state index contributed by atoms with van der Waals surface area (Å²) in [6.45, 7) is 6.25. The highest BCUT2D eigenvalue weighted by atomic mass is 16.3. The van der Waals surface area contributed by atoms with Gasteiger partial charge in [-0.25, -0.2) is 0 Å². The van der Waals surface area contributed by atoms with E-state index in [0.717, 1.165) is 17.1 Å². The second kappa shape index (κ2) is 4.11. The fourth-order valence-corrected chi connectivity index (χ4v) is 1.39. The summed E-state index contributed by atoms with van der Waals surface area (Å²) in [5.41, 5.74) is 1.13. The molecule has 3 nitrogen and oxygen atoms in total. The van der Waals surface area contributed by atoms with Gasteiger partial charge in [-0.2, -0.15) is 5.26 Å². The third-order valence-corrected chi connectivity index (χ3v) is 2.03. The molecule has 1 unspecified atom stereocenters. The molecular weight excluding hydrogens is 164 g/mol. The Bertz CT molecular complexity index is 322. The maximum absolute atomic E-state index is 8.40. The van der Waals surface area contributed by atoms with Crippen molar-refractivity contribution in [2.75, 3.05) is 6.54 Å². The van der Waals surface area contributed by atoms with Gasteiger partial charge in [0.1, 0.15) is 11.5 Å². The molecule has 0 saturated carbocycles. The minimum absolute atomic E-state index is 0.178. The Kier molecular flexibility index (Phi) is 3.10. The molecule has 0 fully saturated rings. The fraction of sp³-hybridized carbons (Fsp3) is 0.500. The first-order chi connectivity index (χ1) is 6.15. The van der Waals surface area contributed by atoms with Crippen molar-refractivity contribution in [1.82, 2.24) is 5.32 Å². The van der Waals surface area contributed by atoms with Crippen molar-refractivity contribution in [2.45, 2.75) is 26.8 Å². The molecule has 1 heterocycles. The van der Waals surface area contributed by atoms with Crippen molar-refractivity contribution in [3.8, 4) is 6.07 Å². The lowest BCUT2D eigenvalue weighted by molar-refractivity contribution is 0.493. The van der Waals surface area contributed by atoms with Crippen LogP contribution >= 0.6 is 0 Å². The Balaban J connectivity index is 2.71. The highest BCUT2D eigenvalue weighted by Gasteiger charge is 2.11. The first-order valence-corrected chi connectivity index (χ1v) is 4.32. The minimum Gasteiger partial charge on any atom is -0.466 e. The van der Waals surface area contributed by atoms with E-state index in [4.69, 9.17) is 9.68 Å². The van der Waals surface area contributed by atoms with Crippen LogP contribution < -0.4 is 5.32 Å². The zero-order valence-electron chi connectivity index (χ0n) is 8.22. The quantitative estimate of drug-likeness (QED) is 0.721. The second-order valence-corrected chi connectivity index (χ2v) is 3.13. The summed E-state index contributed by atoms with van der Waals surface area (Å²) in [7, 11) is 0. The molecule has 1 atom stereocenters. The monoisotopic (exact) mass is 178 g/mol. The molecule has 3 heteroatoms. The summed E-state index contributed by atoms with van der Waals surface area (Å²) in [5.74, 6) is 1.84. The maximum Gasteiger partial charge on any atom is 0.105 e. The SMILES string of the molecule is Cc1cc(C(C)NCC#N)c(C)o1. The molecule has 1 rings (SSSR count). The Hall–Kier alpha value is -1.27. The topological polar surface area (TPSA) is 49.0 Å². The largest absolute Gasteiger partial charge is 0.466 e. The predicted octanol–water partition coefficient (Wildman–Crippen LogP) is 2.07. The molecule has 0 amide bonds. The lowest BCUT2D eigenvalue weighted by Crippen LogP contribution is -2.18. The molecule has 0 aromatic carbocycles. The van der Waals surface area contributed by atoms with Gasteiger partial charge in [-0.15, -0.1) is 0 Å². The van der Waals surface area contributed by atoms with Gasteiger partial charge in [-0.3, -0.25) is 5.32 Å². The predicted molar refractivity (Wildman–Crippen MR) is 50.2 cm³/mol. The van der Waals surface area contributed by atoms with Crippen molar-refractivity contribution in [2.24, 2.45) is 0 Å². The Morgan fingerprint density at radius 2 is 2.31 bits per heavy atom. The van der Waals surface area contributed by atoms with Gasteiger partial charge < -0.3 is 4.42 Å². The van der Waals surface area contributed by atoms with Crippen LogP contribution in [0, 0.1) is 25.2 Å². The third kappa shape index (κ3) is 2.33. The molecule has 0 aliphatic heterocycles. The van der Waals surface area contributed by atoms with E-state index in [1.807, 2.05) is 26.8 Å². The molecular formula is C10H14N2O. The zero-order valence-corrected chi connectivity index (χ0v) is 8.22. The molecule has 0 radical (unpaired) electrons. The van der Waals surface area contributed by atoms with Crippen LogP contribution in [0.2, 0.25) is 0 Å². The summed E-state index contributed by atoms with van der Waals surface area (Å²) in [6, 6.07) is 4.24. The van der Waals surface area contributed by atoms with E-state index in [0.29, 0.717) is 6.54 Å². The number of furan rings is 1. The fourth-order valence-electron chi connectivity index (χ4n) is 1.39. The van der Waals surface area contributed by atoms with Crippen LogP contribution in [0.1, 0.15) is 30.0 Å². The van der Waals surface area contributed by atoms with Gasteiger partial charge >= 0.3 is 0 Å². The number of hydrogen-bond acceptors (Lipinski definition) is 3. The van der Waals surface area contributed by atoms with E-state index in [1.165, 1.54) is 0 Å².